The van der Waals surface area contributed by atoms with E-state index in [0.29, 0.717) is 6.04 Å². The van der Waals surface area contributed by atoms with Gasteiger partial charge in [-0.05, 0) is 55.5 Å². The predicted octanol–water partition coefficient (Wildman–Crippen LogP) is 4.36. The average Bonchev–Trinajstić information content (AvgIpc) is 3.48. The van der Waals surface area contributed by atoms with Crippen molar-refractivity contribution in [1.82, 2.24) is 24.5 Å². The van der Waals surface area contributed by atoms with Crippen LogP contribution >= 0.6 is 11.8 Å². The van der Waals surface area contributed by atoms with Gasteiger partial charge in [0.25, 0.3) is 0 Å². The van der Waals surface area contributed by atoms with E-state index in [2.05, 4.69) is 20.5 Å². The van der Waals surface area contributed by atoms with E-state index in [-0.39, 0.29) is 12.1 Å². The molecule has 5 rings (SSSR count). The average molecular weight is 485 g/mol. The molecule has 1 aliphatic rings. The molecule has 0 amide bonds. The normalized spacial score (nSPS) is 17.5. The minimum absolute atomic E-state index is 0.0333. The molecule has 10 heteroatoms. The third-order valence-electron chi connectivity index (χ3n) is 6.51. The Morgan fingerprint density at radius 1 is 1.18 bits per heavy atom. The highest BCUT2D eigenvalue weighted by Crippen LogP contribution is 2.38. The van der Waals surface area contributed by atoms with Crippen LogP contribution in [0.15, 0.2) is 55.2 Å². The maximum atomic E-state index is 14.9. The Kier molecular flexibility index (Phi) is 6.26. The monoisotopic (exact) mass is 484 g/mol. The van der Waals surface area contributed by atoms with Crippen LogP contribution < -0.4 is 5.32 Å². The van der Waals surface area contributed by atoms with Gasteiger partial charge in [0.1, 0.15) is 29.9 Å². The largest absolute Gasteiger partial charge is 0.382 e. The molecule has 0 saturated carbocycles. The van der Waals surface area contributed by atoms with Crippen LogP contribution in [0.3, 0.4) is 0 Å². The molecule has 0 unspecified atom stereocenters. The molecule has 2 atom stereocenters. The molecular weight excluding hydrogens is 458 g/mol. The smallest absolute Gasteiger partial charge is 0.137 e. The summed E-state index contributed by atoms with van der Waals surface area (Å²) in [7, 11) is 0. The minimum Gasteiger partial charge on any atom is -0.382 e. The Labute approximate surface area is 200 Å². The highest BCUT2D eigenvalue weighted by molar-refractivity contribution is 7.99. The minimum atomic E-state index is -1.78. The molecule has 178 valence electrons. The quantitative estimate of drug-likeness (QED) is 0.406. The van der Waals surface area contributed by atoms with E-state index in [0.717, 1.165) is 41.6 Å². The van der Waals surface area contributed by atoms with Crippen molar-refractivity contribution in [2.24, 2.45) is 0 Å². The van der Waals surface area contributed by atoms with Crippen LogP contribution in [0, 0.1) is 11.6 Å². The second-order valence-corrected chi connectivity index (χ2v) is 9.94. The summed E-state index contributed by atoms with van der Waals surface area (Å²) in [6.45, 7) is 1.68. The lowest BCUT2D eigenvalue weighted by molar-refractivity contribution is -0.0354. The van der Waals surface area contributed by atoms with E-state index in [4.69, 9.17) is 0 Å². The van der Waals surface area contributed by atoms with E-state index in [1.165, 1.54) is 34.9 Å². The third kappa shape index (κ3) is 4.39. The molecule has 2 aromatic heterocycles. The molecular formula is C24H26F2N6OS. The summed E-state index contributed by atoms with van der Waals surface area (Å²) in [5, 5.41) is 25.0. The van der Waals surface area contributed by atoms with Gasteiger partial charge in [-0.15, -0.1) is 0 Å². The number of anilines is 1. The summed E-state index contributed by atoms with van der Waals surface area (Å²) in [5.41, 5.74) is 0.0195. The summed E-state index contributed by atoms with van der Waals surface area (Å²) in [6.07, 6.45) is 6.80. The maximum Gasteiger partial charge on any atom is 0.137 e. The number of benzene rings is 2. The van der Waals surface area contributed by atoms with E-state index in [1.54, 1.807) is 17.8 Å². The van der Waals surface area contributed by atoms with Crippen LogP contribution in [0.4, 0.5) is 14.5 Å². The highest BCUT2D eigenvalue weighted by atomic mass is 32.2. The molecule has 0 bridgehead atoms. The van der Waals surface area contributed by atoms with Crippen LogP contribution in [-0.2, 0) is 12.1 Å². The molecule has 4 aromatic rings. The fourth-order valence-corrected chi connectivity index (χ4v) is 5.68. The van der Waals surface area contributed by atoms with Gasteiger partial charge in [0.05, 0.1) is 24.3 Å². The fraction of sp³-hybridized carbons (Fsp3) is 0.375. The number of nitrogens with one attached hydrogen (secondary N) is 1. The number of rotatable bonds is 7. The summed E-state index contributed by atoms with van der Waals surface area (Å²) in [6, 6.07) is 8.94. The molecule has 1 aliphatic heterocycles. The second-order valence-electron chi connectivity index (χ2n) is 8.71. The highest BCUT2D eigenvalue weighted by Gasteiger charge is 2.41. The van der Waals surface area contributed by atoms with Crippen molar-refractivity contribution < 1.29 is 13.9 Å². The number of aliphatic hydroxyl groups is 1. The first-order valence-electron chi connectivity index (χ1n) is 11.3. The lowest BCUT2D eigenvalue weighted by Crippen LogP contribution is -2.41. The zero-order valence-corrected chi connectivity index (χ0v) is 19.6. The topological polar surface area (TPSA) is 80.8 Å². The van der Waals surface area contributed by atoms with E-state index in [9.17, 15) is 13.9 Å². The predicted molar refractivity (Wildman–Crippen MR) is 129 cm³/mol. The standard InChI is InChI=1S/C24H26F2N6OS/c1-16(24(33,13-31-15-27-14-29-31)21-4-2-18(25)11-22(21)26)32-23-5-3-20(10-17(23)12-28-32)30-19-6-8-34-9-7-19/h2-5,10-12,14-16,19,30,33H,6-9,13H2,1H3/t16-,24-/m1/s1. The van der Waals surface area contributed by atoms with Crippen molar-refractivity contribution in [2.75, 3.05) is 16.8 Å². The molecule has 1 fully saturated rings. The first-order chi connectivity index (χ1) is 16.4. The van der Waals surface area contributed by atoms with Gasteiger partial charge in [-0.25, -0.2) is 18.4 Å². The number of aromatic nitrogens is 5. The molecule has 2 N–H and O–H groups in total. The Hall–Kier alpha value is -2.98. The number of nitrogens with zero attached hydrogens (tertiary/aromatic N) is 5. The molecule has 3 heterocycles. The molecule has 1 saturated heterocycles. The van der Waals surface area contributed by atoms with Crippen LogP contribution in [0.2, 0.25) is 0 Å². The molecule has 7 nitrogen and oxygen atoms in total. The first kappa shape index (κ1) is 22.8. The zero-order chi connectivity index (χ0) is 23.7. The summed E-state index contributed by atoms with van der Waals surface area (Å²) >= 11 is 1.99. The Bertz CT molecular complexity index is 1270. The van der Waals surface area contributed by atoms with Crippen molar-refractivity contribution in [3.8, 4) is 0 Å². The number of hydrogen-bond acceptors (Lipinski definition) is 6. The van der Waals surface area contributed by atoms with Crippen molar-refractivity contribution >= 4 is 28.4 Å². The summed E-state index contributed by atoms with van der Waals surface area (Å²) in [5.74, 6) is 0.792. The molecule has 2 aromatic carbocycles. The van der Waals surface area contributed by atoms with E-state index >= 15 is 0 Å². The fourth-order valence-electron chi connectivity index (χ4n) is 4.58. The number of hydrogen-bond donors (Lipinski definition) is 2. The van der Waals surface area contributed by atoms with Gasteiger partial charge >= 0.3 is 0 Å². The maximum absolute atomic E-state index is 14.9. The van der Waals surface area contributed by atoms with Crippen LogP contribution in [0.25, 0.3) is 10.9 Å². The van der Waals surface area contributed by atoms with Crippen LogP contribution in [-0.4, -0.2) is 47.2 Å². The van der Waals surface area contributed by atoms with Crippen LogP contribution in [0.1, 0.15) is 31.4 Å². The van der Waals surface area contributed by atoms with Crippen molar-refractivity contribution in [3.63, 3.8) is 0 Å². The van der Waals surface area contributed by atoms with Gasteiger partial charge in [-0.3, -0.25) is 4.68 Å². The lowest BCUT2D eigenvalue weighted by Gasteiger charge is -2.35. The second kappa shape index (κ2) is 9.34. The zero-order valence-electron chi connectivity index (χ0n) is 18.7. The van der Waals surface area contributed by atoms with Crippen molar-refractivity contribution in [3.05, 3.63) is 72.4 Å². The number of thioether (sulfide) groups is 1. The SMILES string of the molecule is C[C@@H](n1ncc2cc(NC3CCSCC3)ccc21)[C@](O)(Cn1cncn1)c1ccc(F)cc1F. The lowest BCUT2D eigenvalue weighted by atomic mass is 9.86. The van der Waals surface area contributed by atoms with Crippen molar-refractivity contribution in [1.29, 1.82) is 0 Å². The van der Waals surface area contributed by atoms with Crippen LogP contribution in [0.5, 0.6) is 0 Å². The van der Waals surface area contributed by atoms with Crippen molar-refractivity contribution in [2.45, 2.75) is 44.0 Å². The van der Waals surface area contributed by atoms with Gasteiger partial charge in [0.15, 0.2) is 0 Å². The molecule has 0 radical (unpaired) electrons. The number of fused-ring (bicyclic) bond motifs is 1. The molecule has 0 aliphatic carbocycles. The Morgan fingerprint density at radius 2 is 2.00 bits per heavy atom. The molecule has 0 spiro atoms. The third-order valence-corrected chi connectivity index (χ3v) is 7.56. The van der Waals surface area contributed by atoms with E-state index in [1.807, 2.05) is 30.0 Å². The van der Waals surface area contributed by atoms with Gasteiger partial charge in [-0.1, -0.05) is 6.07 Å². The van der Waals surface area contributed by atoms with Gasteiger partial charge in [-0.2, -0.15) is 22.0 Å². The van der Waals surface area contributed by atoms with Gasteiger partial charge in [0.2, 0.25) is 0 Å². The Balaban J connectivity index is 1.50. The summed E-state index contributed by atoms with van der Waals surface area (Å²) in [4.78, 5) is 3.92. The molecule has 34 heavy (non-hydrogen) atoms. The summed E-state index contributed by atoms with van der Waals surface area (Å²) < 4.78 is 31.6. The first-order valence-corrected chi connectivity index (χ1v) is 12.4. The van der Waals surface area contributed by atoms with Gasteiger partial charge < -0.3 is 10.4 Å². The van der Waals surface area contributed by atoms with Gasteiger partial charge in [0, 0.05) is 28.7 Å². The number of halogens is 2. The Morgan fingerprint density at radius 3 is 2.74 bits per heavy atom. The van der Waals surface area contributed by atoms with E-state index < -0.39 is 23.3 Å².